The van der Waals surface area contributed by atoms with Gasteiger partial charge in [0.05, 0.1) is 25.3 Å². The zero-order chi connectivity index (χ0) is 50.0. The third-order valence-corrected chi connectivity index (χ3v) is 11.7. The first-order chi connectivity index (χ1) is 32.3. The van der Waals surface area contributed by atoms with E-state index in [9.17, 15) is 52.6 Å². The molecule has 0 bridgehead atoms. The summed E-state index contributed by atoms with van der Waals surface area (Å²) in [4.78, 5) is 109. The summed E-state index contributed by atoms with van der Waals surface area (Å²) in [6.07, 6.45) is 7.03. The second-order valence-corrected chi connectivity index (χ2v) is 18.1. The summed E-state index contributed by atoms with van der Waals surface area (Å²) in [5, 5.41) is 24.3. The minimum Gasteiger partial charge on any atom is -0.396 e. The van der Waals surface area contributed by atoms with Crippen LogP contribution >= 0.6 is 7.82 Å². The first kappa shape index (κ1) is 54.5. The van der Waals surface area contributed by atoms with Gasteiger partial charge in [0, 0.05) is 43.9 Å². The number of aromatic nitrogens is 2. The van der Waals surface area contributed by atoms with Crippen molar-refractivity contribution in [2.24, 2.45) is 16.8 Å². The van der Waals surface area contributed by atoms with Gasteiger partial charge < -0.3 is 56.2 Å². The maximum Gasteiger partial charge on any atom is 0.469 e. The number of hydrogen-bond acceptors (Lipinski definition) is 12. The molecule has 0 radical (unpaired) electrons. The molecule has 23 heteroatoms. The van der Waals surface area contributed by atoms with Gasteiger partial charge in [-0.15, -0.1) is 0 Å². The number of nitrogens with two attached hydrogens (primary N) is 1. The van der Waals surface area contributed by atoms with Crippen LogP contribution in [0.15, 0.2) is 66.2 Å². The van der Waals surface area contributed by atoms with Crippen LogP contribution in [0.1, 0.15) is 83.9 Å². The molecule has 6 atom stereocenters. The van der Waals surface area contributed by atoms with E-state index < -0.39 is 80.3 Å². The van der Waals surface area contributed by atoms with E-state index in [1.54, 1.807) is 29.2 Å². The summed E-state index contributed by atoms with van der Waals surface area (Å²) in [6, 6.07) is 6.84. The topological polar surface area (TPSA) is 306 Å². The van der Waals surface area contributed by atoms with Crippen LogP contribution in [0.25, 0.3) is 11.1 Å². The quantitative estimate of drug-likeness (QED) is 0.0234. The van der Waals surface area contributed by atoms with Gasteiger partial charge in [0.25, 0.3) is 0 Å². The number of halogens is 1. The predicted octanol–water partition coefficient (Wildman–Crippen LogP) is 1.81. The highest BCUT2D eigenvalue weighted by atomic mass is 31.2. The number of imidazole rings is 1. The van der Waals surface area contributed by atoms with E-state index in [1.165, 1.54) is 30.2 Å². The molecular weight excluding hydrogens is 909 g/mol. The normalized spacial score (nSPS) is 16.1. The highest BCUT2D eigenvalue weighted by molar-refractivity contribution is 7.46. The Bertz CT molecular complexity index is 2260. The number of phosphoric acid groups is 1. The number of oxime groups is 1. The van der Waals surface area contributed by atoms with Gasteiger partial charge in [0.1, 0.15) is 42.6 Å². The van der Waals surface area contributed by atoms with E-state index in [0.717, 1.165) is 36.5 Å². The number of aliphatic hydroxyl groups is 1. The van der Waals surface area contributed by atoms with Crippen LogP contribution in [0.5, 0.6) is 0 Å². The summed E-state index contributed by atoms with van der Waals surface area (Å²) in [5.74, 6) is -5.34. The Morgan fingerprint density at radius 3 is 2.25 bits per heavy atom. The number of phosphoric ester groups is 1. The van der Waals surface area contributed by atoms with Crippen molar-refractivity contribution in [1.82, 2.24) is 35.7 Å². The molecule has 1 aliphatic heterocycles. The molecule has 0 spiro atoms. The number of unbranched alkanes of at least 4 members (excludes halogenated alkanes) is 3. The lowest BCUT2D eigenvalue weighted by Crippen LogP contribution is -2.61. The Labute approximate surface area is 394 Å². The SMILES string of the molecule is CC(=O)N1CCC[C@H]1C(=O)N[C@@H](CC(C)C)C(=O)N[C@@H](Cc1cncn1CCCCCCO/N=C/c1ccccc1-c1ccc(F)cc1)C(=O)N[C@@H](CO)C(=O)N[C@H](C(N)=O)[C@@H](C)OP(=O)(O)O. The molecule has 372 valence electrons. The van der Waals surface area contributed by atoms with Crippen LogP contribution in [-0.2, 0) is 55.7 Å². The fourth-order valence-electron chi connectivity index (χ4n) is 7.67. The van der Waals surface area contributed by atoms with E-state index in [0.29, 0.717) is 51.1 Å². The van der Waals surface area contributed by atoms with Crippen molar-refractivity contribution < 1.29 is 62.0 Å². The third kappa shape index (κ3) is 17.2. The van der Waals surface area contributed by atoms with Gasteiger partial charge in [-0.1, -0.05) is 61.8 Å². The second kappa shape index (κ2) is 26.5. The maximum absolute atomic E-state index is 14.1. The van der Waals surface area contributed by atoms with E-state index in [-0.39, 0.29) is 30.5 Å². The molecule has 1 fully saturated rings. The zero-order valence-corrected chi connectivity index (χ0v) is 39.5. The largest absolute Gasteiger partial charge is 0.469 e. The molecule has 3 aromatic rings. The molecular formula is C45H63FN9O12P. The summed E-state index contributed by atoms with van der Waals surface area (Å²) in [5.41, 5.74) is 8.41. The Morgan fingerprint density at radius 2 is 1.59 bits per heavy atom. The predicted molar refractivity (Wildman–Crippen MR) is 246 cm³/mol. The smallest absolute Gasteiger partial charge is 0.396 e. The second-order valence-electron chi connectivity index (χ2n) is 16.9. The number of aryl methyl sites for hydroxylation is 1. The van der Waals surface area contributed by atoms with Crippen molar-refractivity contribution >= 4 is 49.5 Å². The van der Waals surface area contributed by atoms with Crippen LogP contribution in [0, 0.1) is 11.7 Å². The fraction of sp³-hybridized carbons (Fsp3) is 0.511. The molecule has 0 saturated carbocycles. The van der Waals surface area contributed by atoms with Gasteiger partial charge in [-0.05, 0) is 74.6 Å². The van der Waals surface area contributed by atoms with Crippen molar-refractivity contribution in [1.29, 1.82) is 0 Å². The number of amides is 6. The molecule has 0 aliphatic carbocycles. The highest BCUT2D eigenvalue weighted by Gasteiger charge is 2.37. The van der Waals surface area contributed by atoms with Gasteiger partial charge >= 0.3 is 7.82 Å². The van der Waals surface area contributed by atoms with Gasteiger partial charge in [-0.3, -0.25) is 33.3 Å². The Hall–Kier alpha value is -6.06. The maximum atomic E-state index is 14.1. The Kier molecular flexibility index (Phi) is 21.2. The Balaban J connectivity index is 1.42. The zero-order valence-electron chi connectivity index (χ0n) is 38.6. The lowest BCUT2D eigenvalue weighted by atomic mass is 10.0. The molecule has 1 aromatic heterocycles. The molecule has 21 nitrogen and oxygen atoms in total. The molecule has 6 amide bonds. The first-order valence-electron chi connectivity index (χ1n) is 22.4. The van der Waals surface area contributed by atoms with Crippen molar-refractivity contribution in [3.63, 3.8) is 0 Å². The van der Waals surface area contributed by atoms with Crippen molar-refractivity contribution in [3.05, 3.63) is 78.1 Å². The standard InChI is InChI=1S/C45H63FN9O12P/c1-28(2)22-36(51-45(62)39-14-11-20-55(39)30(4)57)42(59)50-37(43(60)52-38(26-56)44(61)53-40(41(47)58)29(3)67-68(63,64)65)23-34-25-48-27-54(34)19-9-5-6-10-21-66-49-24-32-12-7-8-13-35(32)31-15-17-33(46)18-16-31/h7-8,12-13,15-18,24-25,27-29,36-40,56H,5-6,9-11,14,19-23,26H2,1-4H3,(H2,47,58)(H,50,59)(H,51,62)(H,52,60)(H,53,61)(H2,63,64,65)/b49-24+/t29-,36+,37+,38+,39+,40+/m1/s1. The minimum absolute atomic E-state index is 0.110. The number of nitrogens with zero attached hydrogens (tertiary/aromatic N) is 4. The summed E-state index contributed by atoms with van der Waals surface area (Å²) in [6.45, 7) is 6.31. The molecule has 1 saturated heterocycles. The highest BCUT2D eigenvalue weighted by Crippen LogP contribution is 2.38. The number of carbonyl (C=O) groups is 6. The first-order valence-corrected chi connectivity index (χ1v) is 23.9. The van der Waals surface area contributed by atoms with E-state index in [1.807, 2.05) is 38.1 Å². The van der Waals surface area contributed by atoms with Gasteiger partial charge in [-0.2, -0.15) is 0 Å². The van der Waals surface area contributed by atoms with E-state index in [4.69, 9.17) is 10.6 Å². The lowest BCUT2D eigenvalue weighted by molar-refractivity contribution is -0.139. The van der Waals surface area contributed by atoms with Crippen LogP contribution in [0.2, 0.25) is 0 Å². The van der Waals surface area contributed by atoms with Crippen LogP contribution in [-0.4, -0.2) is 127 Å². The number of nitrogens with one attached hydrogen (secondary N) is 4. The average Bonchev–Trinajstić information content (AvgIpc) is 3.96. The Morgan fingerprint density at radius 1 is 0.926 bits per heavy atom. The number of aliphatic hydroxyl groups excluding tert-OH is 1. The van der Waals surface area contributed by atoms with E-state index >= 15 is 0 Å². The average molecular weight is 972 g/mol. The van der Waals surface area contributed by atoms with Crippen molar-refractivity contribution in [2.45, 2.75) is 122 Å². The molecule has 2 aromatic carbocycles. The summed E-state index contributed by atoms with van der Waals surface area (Å²) in [7, 11) is -5.13. The molecule has 68 heavy (non-hydrogen) atoms. The van der Waals surface area contributed by atoms with Crippen molar-refractivity contribution in [3.8, 4) is 11.1 Å². The number of benzene rings is 2. The molecule has 2 heterocycles. The monoisotopic (exact) mass is 971 g/mol. The fourth-order valence-corrected chi connectivity index (χ4v) is 8.22. The number of primary amides is 1. The van der Waals surface area contributed by atoms with Gasteiger partial charge in [0.2, 0.25) is 35.4 Å². The van der Waals surface area contributed by atoms with Crippen LogP contribution in [0.4, 0.5) is 4.39 Å². The van der Waals surface area contributed by atoms with Crippen LogP contribution < -0.4 is 27.0 Å². The number of rotatable bonds is 27. The summed E-state index contributed by atoms with van der Waals surface area (Å²) < 4.78 is 31.2. The number of hydrogen-bond donors (Lipinski definition) is 8. The van der Waals surface area contributed by atoms with Crippen LogP contribution in [0.3, 0.4) is 0 Å². The van der Waals surface area contributed by atoms with E-state index in [2.05, 4.69) is 35.9 Å². The molecule has 4 rings (SSSR count). The lowest BCUT2D eigenvalue weighted by Gasteiger charge is -2.28. The minimum atomic E-state index is -5.13. The van der Waals surface area contributed by atoms with Gasteiger partial charge in [-0.25, -0.2) is 13.9 Å². The number of carbonyl (C=O) groups excluding carboxylic acids is 6. The van der Waals surface area contributed by atoms with Crippen molar-refractivity contribution in [2.75, 3.05) is 19.8 Å². The molecule has 9 N–H and O–H groups in total. The molecule has 0 unspecified atom stereocenters. The third-order valence-electron chi connectivity index (χ3n) is 11.1. The summed E-state index contributed by atoms with van der Waals surface area (Å²) >= 11 is 0. The van der Waals surface area contributed by atoms with Gasteiger partial charge in [0.15, 0.2) is 0 Å². The number of likely N-dealkylation sites (tertiary alicyclic amines) is 1. The molecule has 1 aliphatic rings.